The second-order valence-corrected chi connectivity index (χ2v) is 7.25. The summed E-state index contributed by atoms with van der Waals surface area (Å²) in [6, 6.07) is 0.648. The molecule has 4 nitrogen and oxygen atoms in total. The van der Waals surface area contributed by atoms with E-state index in [0.717, 1.165) is 19.8 Å². The van der Waals surface area contributed by atoms with Crippen LogP contribution in [0.1, 0.15) is 34.1 Å². The van der Waals surface area contributed by atoms with Crippen molar-refractivity contribution in [1.82, 2.24) is 15.1 Å². The van der Waals surface area contributed by atoms with Crippen molar-refractivity contribution in [1.29, 1.82) is 0 Å². The predicted molar refractivity (Wildman–Crippen MR) is 84.2 cm³/mol. The van der Waals surface area contributed by atoms with Crippen LogP contribution in [-0.4, -0.2) is 73.9 Å². The molecule has 2 atom stereocenters. The van der Waals surface area contributed by atoms with Crippen LogP contribution in [0.5, 0.6) is 0 Å². The van der Waals surface area contributed by atoms with Gasteiger partial charge >= 0.3 is 0 Å². The molecule has 0 aromatic heterocycles. The summed E-state index contributed by atoms with van der Waals surface area (Å²) in [5.41, 5.74) is 0.312. The Bertz CT molecular complexity index is 280. The largest absolute Gasteiger partial charge is 0.381 e. The molecule has 0 aliphatic carbocycles. The first-order valence-corrected chi connectivity index (χ1v) is 8.29. The molecule has 118 valence electrons. The van der Waals surface area contributed by atoms with Crippen molar-refractivity contribution in [2.45, 2.75) is 45.7 Å². The van der Waals surface area contributed by atoms with Crippen LogP contribution in [-0.2, 0) is 4.74 Å². The van der Waals surface area contributed by atoms with Gasteiger partial charge in [0.15, 0.2) is 0 Å². The van der Waals surface area contributed by atoms with Gasteiger partial charge < -0.3 is 15.0 Å². The van der Waals surface area contributed by atoms with Crippen molar-refractivity contribution in [2.24, 2.45) is 5.92 Å². The van der Waals surface area contributed by atoms with E-state index >= 15 is 0 Å². The molecule has 2 rings (SSSR count). The Morgan fingerprint density at radius 1 is 1.15 bits per heavy atom. The normalized spacial score (nSPS) is 30.6. The number of nitrogens with one attached hydrogen (secondary N) is 1. The van der Waals surface area contributed by atoms with E-state index in [1.54, 1.807) is 0 Å². The van der Waals surface area contributed by atoms with Gasteiger partial charge in [-0.15, -0.1) is 0 Å². The average Bonchev–Trinajstić information content (AvgIpc) is 2.41. The van der Waals surface area contributed by atoms with Crippen LogP contribution in [0.25, 0.3) is 0 Å². The lowest BCUT2D eigenvalue weighted by atomic mass is 9.94. The second-order valence-electron chi connectivity index (χ2n) is 7.25. The summed E-state index contributed by atoms with van der Waals surface area (Å²) in [7, 11) is 0. The third kappa shape index (κ3) is 4.42. The van der Waals surface area contributed by atoms with E-state index in [1.807, 2.05) is 0 Å². The Balaban J connectivity index is 1.79. The number of nitrogens with zero attached hydrogens (tertiary/aromatic N) is 2. The minimum Gasteiger partial charge on any atom is -0.381 e. The van der Waals surface area contributed by atoms with E-state index in [4.69, 9.17) is 4.74 Å². The molecule has 0 bridgehead atoms. The number of piperazine rings is 1. The Kier molecular flexibility index (Phi) is 5.84. The molecular weight excluding hydrogens is 250 g/mol. The molecule has 0 amide bonds. The maximum atomic E-state index is 5.70. The summed E-state index contributed by atoms with van der Waals surface area (Å²) < 4.78 is 5.70. The van der Waals surface area contributed by atoms with Crippen molar-refractivity contribution in [2.75, 3.05) is 52.5 Å². The molecule has 0 aromatic rings. The van der Waals surface area contributed by atoms with Crippen LogP contribution in [0, 0.1) is 5.92 Å². The fraction of sp³-hybridized carbons (Fsp3) is 1.00. The zero-order valence-corrected chi connectivity index (χ0v) is 13.8. The van der Waals surface area contributed by atoms with Gasteiger partial charge in [-0.05, 0) is 33.7 Å². The maximum Gasteiger partial charge on any atom is 0.0521 e. The SMILES string of the molecule is CCNC1CCOCC1CN1CCN(C(C)(C)C)CC1. The van der Waals surface area contributed by atoms with Crippen molar-refractivity contribution in [3.05, 3.63) is 0 Å². The number of ether oxygens (including phenoxy) is 1. The molecule has 2 unspecified atom stereocenters. The van der Waals surface area contributed by atoms with Crippen LogP contribution < -0.4 is 5.32 Å². The van der Waals surface area contributed by atoms with Crippen molar-refractivity contribution in [3.8, 4) is 0 Å². The van der Waals surface area contributed by atoms with Crippen molar-refractivity contribution in [3.63, 3.8) is 0 Å². The van der Waals surface area contributed by atoms with Gasteiger partial charge in [0.25, 0.3) is 0 Å². The first-order chi connectivity index (χ1) is 9.50. The van der Waals surface area contributed by atoms with Gasteiger partial charge in [-0.25, -0.2) is 0 Å². The first-order valence-electron chi connectivity index (χ1n) is 8.29. The number of hydrogen-bond donors (Lipinski definition) is 1. The van der Waals surface area contributed by atoms with E-state index in [-0.39, 0.29) is 0 Å². The highest BCUT2D eigenvalue weighted by Crippen LogP contribution is 2.19. The summed E-state index contributed by atoms with van der Waals surface area (Å²) in [4.78, 5) is 5.23. The third-order valence-corrected chi connectivity index (χ3v) is 4.75. The van der Waals surface area contributed by atoms with Crippen LogP contribution in [0.4, 0.5) is 0 Å². The Morgan fingerprint density at radius 2 is 1.85 bits per heavy atom. The molecular formula is C16H33N3O. The van der Waals surface area contributed by atoms with Gasteiger partial charge in [0.1, 0.15) is 0 Å². The average molecular weight is 283 g/mol. The van der Waals surface area contributed by atoms with E-state index in [2.05, 4.69) is 42.8 Å². The lowest BCUT2D eigenvalue weighted by Gasteiger charge is -2.44. The molecule has 0 spiro atoms. The summed E-state index contributed by atoms with van der Waals surface area (Å²) in [5.74, 6) is 0.657. The molecule has 20 heavy (non-hydrogen) atoms. The smallest absolute Gasteiger partial charge is 0.0521 e. The molecule has 0 saturated carbocycles. The molecule has 1 N–H and O–H groups in total. The van der Waals surface area contributed by atoms with Crippen LogP contribution in [0.2, 0.25) is 0 Å². The summed E-state index contributed by atoms with van der Waals surface area (Å²) in [5, 5.41) is 3.64. The molecule has 2 saturated heterocycles. The fourth-order valence-corrected chi connectivity index (χ4v) is 3.44. The van der Waals surface area contributed by atoms with Gasteiger partial charge in [-0.3, -0.25) is 4.90 Å². The lowest BCUT2D eigenvalue weighted by Crippen LogP contribution is -2.56. The third-order valence-electron chi connectivity index (χ3n) is 4.75. The summed E-state index contributed by atoms with van der Waals surface area (Å²) in [6.07, 6.45) is 1.17. The van der Waals surface area contributed by atoms with Crippen molar-refractivity contribution >= 4 is 0 Å². The second kappa shape index (κ2) is 7.21. The topological polar surface area (TPSA) is 27.7 Å². The maximum absolute atomic E-state index is 5.70. The minimum atomic E-state index is 0.312. The highest BCUT2D eigenvalue weighted by Gasteiger charge is 2.30. The zero-order chi connectivity index (χ0) is 14.6. The van der Waals surface area contributed by atoms with Gasteiger partial charge in [0.05, 0.1) is 6.61 Å². The Morgan fingerprint density at radius 3 is 2.45 bits per heavy atom. The van der Waals surface area contributed by atoms with Gasteiger partial charge in [0, 0.05) is 56.8 Å². The summed E-state index contributed by atoms with van der Waals surface area (Å²) in [6.45, 7) is 18.1. The first kappa shape index (κ1) is 16.2. The zero-order valence-electron chi connectivity index (χ0n) is 13.8. The van der Waals surface area contributed by atoms with E-state index < -0.39 is 0 Å². The molecule has 4 heteroatoms. The number of rotatable bonds is 4. The van der Waals surface area contributed by atoms with Crippen molar-refractivity contribution < 1.29 is 4.74 Å². The van der Waals surface area contributed by atoms with E-state index in [1.165, 1.54) is 39.1 Å². The van der Waals surface area contributed by atoms with Gasteiger partial charge in [-0.2, -0.15) is 0 Å². The highest BCUT2D eigenvalue weighted by atomic mass is 16.5. The highest BCUT2D eigenvalue weighted by molar-refractivity contribution is 4.86. The van der Waals surface area contributed by atoms with E-state index in [9.17, 15) is 0 Å². The van der Waals surface area contributed by atoms with Crippen LogP contribution >= 0.6 is 0 Å². The van der Waals surface area contributed by atoms with Gasteiger partial charge in [-0.1, -0.05) is 6.92 Å². The standard InChI is InChI=1S/C16H33N3O/c1-5-17-15-6-11-20-13-14(15)12-18-7-9-19(10-8-18)16(2,3)4/h14-15,17H,5-13H2,1-4H3. The molecule has 0 radical (unpaired) electrons. The molecule has 2 heterocycles. The Labute approximate surface area is 124 Å². The molecule has 2 aliphatic rings. The van der Waals surface area contributed by atoms with E-state index in [0.29, 0.717) is 17.5 Å². The number of hydrogen-bond acceptors (Lipinski definition) is 4. The summed E-state index contributed by atoms with van der Waals surface area (Å²) >= 11 is 0. The molecule has 2 fully saturated rings. The van der Waals surface area contributed by atoms with Crippen LogP contribution in [0.3, 0.4) is 0 Å². The Hall–Kier alpha value is -0.160. The molecule has 2 aliphatic heterocycles. The minimum absolute atomic E-state index is 0.312. The fourth-order valence-electron chi connectivity index (χ4n) is 3.44. The quantitative estimate of drug-likeness (QED) is 0.844. The predicted octanol–water partition coefficient (Wildman–Crippen LogP) is 1.42. The van der Waals surface area contributed by atoms with Gasteiger partial charge in [0.2, 0.25) is 0 Å². The molecule has 0 aromatic carbocycles. The lowest BCUT2D eigenvalue weighted by molar-refractivity contribution is 0.000618. The van der Waals surface area contributed by atoms with Crippen LogP contribution in [0.15, 0.2) is 0 Å². The monoisotopic (exact) mass is 283 g/mol.